The molecule has 1 amide bonds. The summed E-state index contributed by atoms with van der Waals surface area (Å²) < 4.78 is 4.91. The molecule has 1 aromatic carbocycles. The van der Waals surface area contributed by atoms with Crippen LogP contribution in [0.2, 0.25) is 0 Å². The second kappa shape index (κ2) is 10.4. The molecule has 0 spiro atoms. The zero-order valence-corrected chi connectivity index (χ0v) is 18.0. The highest BCUT2D eigenvalue weighted by molar-refractivity contribution is 7.80. The lowest BCUT2D eigenvalue weighted by molar-refractivity contribution is -0.127. The van der Waals surface area contributed by atoms with Crippen LogP contribution in [0.15, 0.2) is 36.4 Å². The van der Waals surface area contributed by atoms with Crippen LogP contribution in [0.1, 0.15) is 40.1 Å². The third kappa shape index (κ3) is 6.01. The Bertz CT molecular complexity index is 867. The summed E-state index contributed by atoms with van der Waals surface area (Å²) in [5.74, 6) is -0.156. The molecule has 2 N–H and O–H groups in total. The molecule has 0 aliphatic carbocycles. The number of thiophene rings is 1. The first-order valence-electron chi connectivity index (χ1n) is 9.64. The van der Waals surface area contributed by atoms with Crippen molar-refractivity contribution in [2.75, 3.05) is 32.1 Å². The predicted octanol–water partition coefficient (Wildman–Crippen LogP) is 3.42. The molecule has 0 radical (unpaired) electrons. The predicted molar refractivity (Wildman–Crippen MR) is 120 cm³/mol. The monoisotopic (exact) mass is 431 g/mol. The van der Waals surface area contributed by atoms with E-state index in [1.54, 1.807) is 0 Å². The molecule has 29 heavy (non-hydrogen) atoms. The van der Waals surface area contributed by atoms with Crippen molar-refractivity contribution in [2.24, 2.45) is 0 Å². The van der Waals surface area contributed by atoms with Gasteiger partial charge in [-0.1, -0.05) is 30.3 Å². The number of nitrogens with zero attached hydrogens (tertiary/aromatic N) is 1. The largest absolute Gasteiger partial charge is 0.465 e. The van der Waals surface area contributed by atoms with Gasteiger partial charge < -0.3 is 20.3 Å². The van der Waals surface area contributed by atoms with E-state index in [0.29, 0.717) is 28.6 Å². The SMILES string of the molecule is COC(=O)c1cc(Cc2ccccc2)sc1NC(=S)NCCCN1CCCC1=O. The number of likely N-dealkylation sites (tertiary alicyclic amines) is 1. The fourth-order valence-corrected chi connectivity index (χ4v) is 4.59. The number of carbonyl (C=O) groups excluding carboxylic acids is 2. The molecule has 1 aliphatic rings. The summed E-state index contributed by atoms with van der Waals surface area (Å²) in [6, 6.07) is 11.9. The van der Waals surface area contributed by atoms with Gasteiger partial charge >= 0.3 is 5.97 Å². The first-order chi connectivity index (χ1) is 14.1. The number of esters is 1. The van der Waals surface area contributed by atoms with E-state index in [4.69, 9.17) is 17.0 Å². The Morgan fingerprint density at radius 1 is 1.31 bits per heavy atom. The van der Waals surface area contributed by atoms with Crippen molar-refractivity contribution >= 4 is 45.5 Å². The molecule has 0 atom stereocenters. The first kappa shape index (κ1) is 21.3. The Hall–Kier alpha value is -2.45. The van der Waals surface area contributed by atoms with Crippen LogP contribution in [0.25, 0.3) is 0 Å². The Morgan fingerprint density at radius 2 is 2.10 bits per heavy atom. The van der Waals surface area contributed by atoms with Gasteiger partial charge in [0.15, 0.2) is 5.11 Å². The van der Waals surface area contributed by atoms with E-state index in [-0.39, 0.29) is 5.91 Å². The van der Waals surface area contributed by atoms with Crippen LogP contribution in [-0.4, -0.2) is 48.6 Å². The van der Waals surface area contributed by atoms with Crippen LogP contribution >= 0.6 is 23.6 Å². The van der Waals surface area contributed by atoms with E-state index in [2.05, 4.69) is 22.8 Å². The van der Waals surface area contributed by atoms with Gasteiger partial charge in [0, 0.05) is 37.4 Å². The molecule has 2 heterocycles. The maximum atomic E-state index is 12.2. The summed E-state index contributed by atoms with van der Waals surface area (Å²) in [5, 5.41) is 7.41. The van der Waals surface area contributed by atoms with Gasteiger partial charge in [0.05, 0.1) is 12.7 Å². The third-order valence-corrected chi connectivity index (χ3v) is 6.00. The molecule has 6 nitrogen and oxygen atoms in total. The zero-order valence-electron chi connectivity index (χ0n) is 16.4. The number of thiocarbonyl (C=S) groups is 1. The van der Waals surface area contributed by atoms with Gasteiger partial charge in [-0.05, 0) is 36.7 Å². The molecule has 1 saturated heterocycles. The highest BCUT2D eigenvalue weighted by Gasteiger charge is 2.20. The number of hydrogen-bond acceptors (Lipinski definition) is 5. The number of methoxy groups -OCH3 is 1. The zero-order chi connectivity index (χ0) is 20.6. The third-order valence-electron chi connectivity index (χ3n) is 4.70. The van der Waals surface area contributed by atoms with Crippen LogP contribution in [0.4, 0.5) is 5.00 Å². The average molecular weight is 432 g/mol. The van der Waals surface area contributed by atoms with Crippen LogP contribution in [0, 0.1) is 0 Å². The van der Waals surface area contributed by atoms with E-state index in [9.17, 15) is 9.59 Å². The minimum Gasteiger partial charge on any atom is -0.465 e. The van der Waals surface area contributed by atoms with Crippen molar-refractivity contribution < 1.29 is 14.3 Å². The Morgan fingerprint density at radius 3 is 2.79 bits per heavy atom. The maximum Gasteiger partial charge on any atom is 0.340 e. The van der Waals surface area contributed by atoms with Crippen LogP contribution in [0.5, 0.6) is 0 Å². The molecule has 1 aromatic heterocycles. The van der Waals surface area contributed by atoms with Gasteiger partial charge in [-0.2, -0.15) is 0 Å². The fourth-order valence-electron chi connectivity index (χ4n) is 3.24. The lowest BCUT2D eigenvalue weighted by Crippen LogP contribution is -2.32. The van der Waals surface area contributed by atoms with Crippen LogP contribution in [-0.2, 0) is 16.0 Å². The quantitative estimate of drug-likeness (QED) is 0.379. The number of ether oxygens (including phenoxy) is 1. The van der Waals surface area contributed by atoms with Gasteiger partial charge in [0.1, 0.15) is 5.00 Å². The van der Waals surface area contributed by atoms with Gasteiger partial charge in [0.2, 0.25) is 5.91 Å². The van der Waals surface area contributed by atoms with Gasteiger partial charge in [-0.25, -0.2) is 4.79 Å². The summed E-state index contributed by atoms with van der Waals surface area (Å²) in [5.41, 5.74) is 1.66. The number of benzene rings is 1. The minimum absolute atomic E-state index is 0.234. The fraction of sp³-hybridized carbons (Fsp3) is 0.381. The number of hydrogen-bond donors (Lipinski definition) is 2. The standard InChI is InChI=1S/C21H25N3O3S2/c1-27-20(26)17-14-16(13-15-7-3-2-4-8-15)29-19(17)23-21(28)22-10-6-12-24-11-5-9-18(24)25/h2-4,7-8,14H,5-6,9-13H2,1H3,(H2,22,23,28). The molecule has 2 aromatic rings. The van der Waals surface area contributed by atoms with Crippen molar-refractivity contribution in [1.82, 2.24) is 10.2 Å². The van der Waals surface area contributed by atoms with Gasteiger partial charge in [-0.3, -0.25) is 4.79 Å². The number of carbonyl (C=O) groups is 2. The van der Waals surface area contributed by atoms with Crippen LogP contribution in [0.3, 0.4) is 0 Å². The number of rotatable bonds is 8. The minimum atomic E-state index is -0.390. The van der Waals surface area contributed by atoms with Gasteiger partial charge in [0.25, 0.3) is 0 Å². The molecule has 0 saturated carbocycles. The van der Waals surface area contributed by atoms with Crippen LogP contribution < -0.4 is 10.6 Å². The van der Waals surface area contributed by atoms with Crippen molar-refractivity contribution in [3.63, 3.8) is 0 Å². The topological polar surface area (TPSA) is 70.7 Å². The Labute approximate surface area is 180 Å². The van der Waals surface area contributed by atoms with E-state index < -0.39 is 5.97 Å². The second-order valence-electron chi connectivity index (χ2n) is 6.83. The smallest absolute Gasteiger partial charge is 0.340 e. The van der Waals surface area contributed by atoms with Crippen molar-refractivity contribution in [1.29, 1.82) is 0 Å². The molecule has 1 fully saturated rings. The lowest BCUT2D eigenvalue weighted by atomic mass is 10.1. The van der Waals surface area contributed by atoms with Gasteiger partial charge in [-0.15, -0.1) is 11.3 Å². The number of nitrogens with one attached hydrogen (secondary N) is 2. The number of anilines is 1. The summed E-state index contributed by atoms with van der Waals surface area (Å²) in [7, 11) is 1.37. The molecule has 154 valence electrons. The highest BCUT2D eigenvalue weighted by atomic mass is 32.1. The second-order valence-corrected chi connectivity index (χ2v) is 8.37. The van der Waals surface area contributed by atoms with Crippen molar-refractivity contribution in [3.8, 4) is 0 Å². The van der Waals surface area contributed by atoms with E-state index in [1.165, 1.54) is 24.0 Å². The van der Waals surface area contributed by atoms with E-state index in [0.717, 1.165) is 37.2 Å². The molecular weight excluding hydrogens is 406 g/mol. The maximum absolute atomic E-state index is 12.2. The Balaban J connectivity index is 1.55. The van der Waals surface area contributed by atoms with Crippen molar-refractivity contribution in [3.05, 3.63) is 52.4 Å². The highest BCUT2D eigenvalue weighted by Crippen LogP contribution is 2.30. The number of amides is 1. The molecular formula is C21H25N3O3S2. The molecule has 8 heteroatoms. The normalized spacial score (nSPS) is 13.4. The summed E-state index contributed by atoms with van der Waals surface area (Å²) in [6.07, 6.45) is 3.17. The van der Waals surface area contributed by atoms with E-state index >= 15 is 0 Å². The van der Waals surface area contributed by atoms with Crippen molar-refractivity contribution in [2.45, 2.75) is 25.7 Å². The summed E-state index contributed by atoms with van der Waals surface area (Å²) in [6.45, 7) is 2.25. The molecule has 0 bridgehead atoms. The van der Waals surface area contributed by atoms with E-state index in [1.807, 2.05) is 29.2 Å². The first-order valence-corrected chi connectivity index (χ1v) is 10.9. The summed E-state index contributed by atoms with van der Waals surface area (Å²) in [4.78, 5) is 26.7. The molecule has 1 aliphatic heterocycles. The lowest BCUT2D eigenvalue weighted by Gasteiger charge is -2.16. The average Bonchev–Trinajstić information content (AvgIpc) is 3.31. The summed E-state index contributed by atoms with van der Waals surface area (Å²) >= 11 is 6.87. The molecule has 0 unspecified atom stereocenters. The Kier molecular flexibility index (Phi) is 7.60. The molecule has 3 rings (SSSR count).